The van der Waals surface area contributed by atoms with Crippen LogP contribution in [0.1, 0.15) is 30.1 Å². The molecule has 0 N–H and O–H groups in total. The summed E-state index contributed by atoms with van der Waals surface area (Å²) in [6.07, 6.45) is 2.37. The maximum Gasteiger partial charge on any atom is 0.253 e. The number of anilines is 1. The number of hydrogen-bond acceptors (Lipinski definition) is 4. The van der Waals surface area contributed by atoms with Crippen LogP contribution in [0.25, 0.3) is 0 Å². The van der Waals surface area contributed by atoms with Gasteiger partial charge in [0.15, 0.2) is 0 Å². The predicted octanol–water partition coefficient (Wildman–Crippen LogP) is 2.24. The van der Waals surface area contributed by atoms with Crippen molar-refractivity contribution in [1.82, 2.24) is 14.7 Å². The molecule has 0 aromatic heterocycles. The smallest absolute Gasteiger partial charge is 0.253 e. The lowest BCUT2D eigenvalue weighted by atomic mass is 9.98. The molecule has 0 bridgehead atoms. The molecule has 2 aliphatic rings. The van der Waals surface area contributed by atoms with Gasteiger partial charge in [-0.3, -0.25) is 4.79 Å². The number of rotatable bonds is 5. The van der Waals surface area contributed by atoms with Crippen LogP contribution in [0.3, 0.4) is 0 Å². The first-order chi connectivity index (χ1) is 12.5. The number of likely N-dealkylation sites (N-methyl/N-ethyl adjacent to an activating group) is 2. The minimum absolute atomic E-state index is 0.181. The highest BCUT2D eigenvalue weighted by Crippen LogP contribution is 2.26. The van der Waals surface area contributed by atoms with E-state index in [-0.39, 0.29) is 5.91 Å². The summed E-state index contributed by atoms with van der Waals surface area (Å²) in [7, 11) is 6.43. The van der Waals surface area contributed by atoms with Crippen LogP contribution >= 0.6 is 0 Å². The number of benzene rings is 1. The number of likely N-dealkylation sites (tertiary alicyclic amines) is 1. The summed E-state index contributed by atoms with van der Waals surface area (Å²) >= 11 is 0. The fourth-order valence-corrected chi connectivity index (χ4v) is 4.32. The Morgan fingerprint density at radius 2 is 1.73 bits per heavy atom. The van der Waals surface area contributed by atoms with E-state index >= 15 is 0 Å². The Morgan fingerprint density at radius 3 is 2.31 bits per heavy atom. The number of nitrogens with zero attached hydrogens (tertiary/aromatic N) is 4. The van der Waals surface area contributed by atoms with Crippen molar-refractivity contribution in [3.63, 3.8) is 0 Å². The highest BCUT2D eigenvalue weighted by Gasteiger charge is 2.36. The van der Waals surface area contributed by atoms with E-state index < -0.39 is 0 Å². The molecular formula is C21H34N4O. The largest absolute Gasteiger partial charge is 0.369 e. The molecule has 0 radical (unpaired) electrons. The van der Waals surface area contributed by atoms with Crippen LogP contribution in [-0.2, 0) is 0 Å². The zero-order valence-electron chi connectivity index (χ0n) is 16.8. The van der Waals surface area contributed by atoms with E-state index in [0.29, 0.717) is 12.0 Å². The lowest BCUT2D eigenvalue weighted by Gasteiger charge is -2.34. The van der Waals surface area contributed by atoms with Gasteiger partial charge in [-0.25, -0.2) is 0 Å². The van der Waals surface area contributed by atoms with E-state index in [2.05, 4.69) is 59.8 Å². The van der Waals surface area contributed by atoms with Gasteiger partial charge in [-0.15, -0.1) is 0 Å². The molecule has 5 nitrogen and oxygen atoms in total. The van der Waals surface area contributed by atoms with Crippen molar-refractivity contribution < 1.29 is 4.79 Å². The van der Waals surface area contributed by atoms with E-state index in [4.69, 9.17) is 0 Å². The Hall–Kier alpha value is -1.59. The molecule has 0 unspecified atom stereocenters. The van der Waals surface area contributed by atoms with Gasteiger partial charge >= 0.3 is 0 Å². The summed E-state index contributed by atoms with van der Waals surface area (Å²) in [5.41, 5.74) is 2.05. The van der Waals surface area contributed by atoms with Crippen molar-refractivity contribution in [1.29, 1.82) is 0 Å². The maximum absolute atomic E-state index is 13.0. The third-order valence-corrected chi connectivity index (χ3v) is 6.00. The van der Waals surface area contributed by atoms with Gasteiger partial charge in [0.25, 0.3) is 5.91 Å². The molecule has 26 heavy (non-hydrogen) atoms. The van der Waals surface area contributed by atoms with Crippen molar-refractivity contribution in [3.05, 3.63) is 29.8 Å². The first-order valence-corrected chi connectivity index (χ1v) is 9.99. The van der Waals surface area contributed by atoms with Crippen molar-refractivity contribution >= 4 is 11.6 Å². The number of amides is 1. The fourth-order valence-electron chi connectivity index (χ4n) is 4.32. The molecule has 2 fully saturated rings. The molecule has 0 saturated carbocycles. The Bertz CT molecular complexity index is 593. The van der Waals surface area contributed by atoms with Gasteiger partial charge in [-0.1, -0.05) is 13.3 Å². The molecule has 0 aliphatic carbocycles. The molecule has 2 heterocycles. The van der Waals surface area contributed by atoms with Gasteiger partial charge in [0.1, 0.15) is 0 Å². The third-order valence-electron chi connectivity index (χ3n) is 6.00. The minimum Gasteiger partial charge on any atom is -0.369 e. The van der Waals surface area contributed by atoms with Gasteiger partial charge in [0.2, 0.25) is 0 Å². The van der Waals surface area contributed by atoms with Crippen LogP contribution < -0.4 is 4.90 Å². The lowest BCUT2D eigenvalue weighted by Crippen LogP contribution is -2.44. The summed E-state index contributed by atoms with van der Waals surface area (Å²) < 4.78 is 0. The van der Waals surface area contributed by atoms with Crippen molar-refractivity contribution in [2.45, 2.75) is 25.8 Å². The van der Waals surface area contributed by atoms with E-state index in [1.807, 2.05) is 12.1 Å². The topological polar surface area (TPSA) is 30.0 Å². The quantitative estimate of drug-likeness (QED) is 0.808. The highest BCUT2D eigenvalue weighted by atomic mass is 16.2. The van der Waals surface area contributed by atoms with Crippen LogP contribution in [0.5, 0.6) is 0 Å². The monoisotopic (exact) mass is 358 g/mol. The summed E-state index contributed by atoms with van der Waals surface area (Å²) in [6.45, 7) is 8.26. The van der Waals surface area contributed by atoms with Crippen LogP contribution in [-0.4, -0.2) is 87.1 Å². The zero-order chi connectivity index (χ0) is 18.7. The first kappa shape index (κ1) is 19.2. The average molecular weight is 359 g/mol. The highest BCUT2D eigenvalue weighted by molar-refractivity contribution is 5.94. The van der Waals surface area contributed by atoms with Gasteiger partial charge in [-0.05, 0) is 57.7 Å². The third kappa shape index (κ3) is 4.21. The van der Waals surface area contributed by atoms with E-state index in [0.717, 1.165) is 44.8 Å². The second-order valence-electron chi connectivity index (χ2n) is 8.13. The molecule has 1 aromatic carbocycles. The van der Waals surface area contributed by atoms with Crippen LogP contribution in [0.2, 0.25) is 0 Å². The van der Waals surface area contributed by atoms with Crippen molar-refractivity contribution in [2.24, 2.45) is 5.92 Å². The van der Waals surface area contributed by atoms with Crippen molar-refractivity contribution in [2.75, 3.05) is 65.3 Å². The SMILES string of the molecule is CCC[C@@H]1CN(C(=O)c2ccc(N3CCN(C)CC3)cc2)C[C@H]1N(C)C. The van der Waals surface area contributed by atoms with E-state index in [1.54, 1.807) is 0 Å². The van der Waals surface area contributed by atoms with E-state index in [1.165, 1.54) is 18.5 Å². The Morgan fingerprint density at radius 1 is 1.08 bits per heavy atom. The Kier molecular flexibility index (Phi) is 6.20. The molecule has 2 aliphatic heterocycles. The second kappa shape index (κ2) is 8.40. The normalized spacial score (nSPS) is 24.5. The molecule has 0 spiro atoms. The van der Waals surface area contributed by atoms with Crippen LogP contribution in [0.4, 0.5) is 5.69 Å². The number of hydrogen-bond donors (Lipinski definition) is 0. The van der Waals surface area contributed by atoms with E-state index in [9.17, 15) is 4.79 Å². The summed E-state index contributed by atoms with van der Waals surface area (Å²) in [5, 5.41) is 0. The van der Waals surface area contributed by atoms with Crippen LogP contribution in [0.15, 0.2) is 24.3 Å². The maximum atomic E-state index is 13.0. The molecule has 1 amide bonds. The van der Waals surface area contributed by atoms with Gasteiger partial charge in [0.05, 0.1) is 0 Å². The van der Waals surface area contributed by atoms with Gasteiger partial charge < -0.3 is 19.6 Å². The summed E-state index contributed by atoms with van der Waals surface area (Å²) in [4.78, 5) is 22.1. The van der Waals surface area contributed by atoms with Gasteiger partial charge in [-0.2, -0.15) is 0 Å². The number of carbonyl (C=O) groups is 1. The minimum atomic E-state index is 0.181. The Labute approximate surface area is 158 Å². The second-order valence-corrected chi connectivity index (χ2v) is 8.13. The number of piperazine rings is 1. The fraction of sp³-hybridized carbons (Fsp3) is 0.667. The Balaban J connectivity index is 1.64. The molecule has 144 valence electrons. The summed E-state index contributed by atoms with van der Waals surface area (Å²) in [5.74, 6) is 0.768. The molecule has 2 saturated heterocycles. The molecule has 1 aromatic rings. The molecule has 2 atom stereocenters. The van der Waals surface area contributed by atoms with Gasteiger partial charge in [0, 0.05) is 56.6 Å². The lowest BCUT2D eigenvalue weighted by molar-refractivity contribution is 0.0781. The predicted molar refractivity (Wildman–Crippen MR) is 108 cm³/mol. The molecular weight excluding hydrogens is 324 g/mol. The number of carbonyl (C=O) groups excluding carboxylic acids is 1. The summed E-state index contributed by atoms with van der Waals surface area (Å²) in [6, 6.07) is 8.72. The molecule has 3 rings (SSSR count). The zero-order valence-corrected chi connectivity index (χ0v) is 16.8. The van der Waals surface area contributed by atoms with Crippen molar-refractivity contribution in [3.8, 4) is 0 Å². The van der Waals surface area contributed by atoms with Crippen LogP contribution in [0, 0.1) is 5.92 Å². The molecule has 5 heteroatoms. The average Bonchev–Trinajstić information content (AvgIpc) is 3.06. The first-order valence-electron chi connectivity index (χ1n) is 9.99. The standard InChI is InChI=1S/C21H34N4O/c1-5-6-18-15-25(16-20(18)22(2)3)21(26)17-7-9-19(10-8-17)24-13-11-23(4)12-14-24/h7-10,18,20H,5-6,11-16H2,1-4H3/t18-,20-/m1/s1.